The maximum Gasteiger partial charge on any atom is 0.192 e. The van der Waals surface area contributed by atoms with Gasteiger partial charge in [0.05, 0.1) is 12.1 Å². The molecule has 2 aliphatic rings. The summed E-state index contributed by atoms with van der Waals surface area (Å²) in [6.45, 7) is 14.0. The Bertz CT molecular complexity index is 1070. The average Bonchev–Trinajstić information content (AvgIpc) is 2.67. The minimum absolute atomic E-state index is 0.104. The zero-order valence-corrected chi connectivity index (χ0v) is 16.6. The van der Waals surface area contributed by atoms with Gasteiger partial charge < -0.3 is 0 Å². The molecule has 2 aromatic carbocycles. The van der Waals surface area contributed by atoms with Crippen LogP contribution in [-0.2, 0) is 15.9 Å². The van der Waals surface area contributed by atoms with E-state index in [9.17, 15) is 4.79 Å². The second-order valence-corrected chi connectivity index (χ2v) is 10.1. The minimum atomic E-state index is -0.822. The second kappa shape index (κ2) is 6.48. The summed E-state index contributed by atoms with van der Waals surface area (Å²) in [5.41, 5.74) is 2.76. The molecule has 0 aromatic heterocycles. The van der Waals surface area contributed by atoms with Crippen molar-refractivity contribution in [2.45, 2.75) is 36.0 Å². The molecule has 0 spiro atoms. The Morgan fingerprint density at radius 2 is 1.78 bits per heavy atom. The van der Waals surface area contributed by atoms with Crippen molar-refractivity contribution < 1.29 is 4.79 Å². The molecule has 3 heteroatoms. The van der Waals surface area contributed by atoms with Gasteiger partial charge in [0.25, 0.3) is 0 Å². The molecule has 1 aliphatic carbocycles. The van der Waals surface area contributed by atoms with Crippen LogP contribution in [0.2, 0.25) is 0 Å². The molecule has 2 unspecified atom stereocenters. The maximum absolute atomic E-state index is 13.0. The van der Waals surface area contributed by atoms with Gasteiger partial charge in [0.2, 0.25) is 0 Å². The van der Waals surface area contributed by atoms with Gasteiger partial charge in [-0.25, -0.2) is 4.85 Å². The average molecular weight is 373 g/mol. The third-order valence-corrected chi connectivity index (χ3v) is 7.76. The summed E-state index contributed by atoms with van der Waals surface area (Å²) in [5.74, 6) is -0.0445. The standard InChI is InChI=1S/C24H21NOS/c1-24(2,3)16-9-12-18(13-10-16)27-21-8-6-5-7-19(21)23(26)20-14-11-17(25-4)15-22(20)27/h5-15,19H,1-3H3/p+1. The van der Waals surface area contributed by atoms with Crippen LogP contribution in [0, 0.1) is 12.5 Å². The Kier molecular flexibility index (Phi) is 4.25. The van der Waals surface area contributed by atoms with Crippen LogP contribution in [0.3, 0.4) is 0 Å². The molecule has 0 amide bonds. The van der Waals surface area contributed by atoms with Crippen molar-refractivity contribution in [2.24, 2.45) is 5.92 Å². The largest absolute Gasteiger partial charge is 0.293 e. The summed E-state index contributed by atoms with van der Waals surface area (Å²) in [5, 5.41) is 0. The predicted molar refractivity (Wildman–Crippen MR) is 114 cm³/mol. The van der Waals surface area contributed by atoms with Crippen LogP contribution in [-0.4, -0.2) is 10.6 Å². The molecule has 0 N–H and O–H groups in total. The number of ketones is 1. The molecule has 0 saturated carbocycles. The molecule has 4 rings (SSSR count). The SMILES string of the molecule is [C-]#[N+]c1ccc2c(c1)[SH+](c1ccc(C(C)(C)C)cc1)=C1C=CC=CC1C2=O. The van der Waals surface area contributed by atoms with E-state index in [1.165, 1.54) is 10.5 Å². The fraction of sp³-hybridized carbons (Fsp3) is 0.208. The molecule has 27 heavy (non-hydrogen) atoms. The van der Waals surface area contributed by atoms with Gasteiger partial charge >= 0.3 is 0 Å². The van der Waals surface area contributed by atoms with E-state index in [0.29, 0.717) is 5.69 Å². The summed E-state index contributed by atoms with van der Waals surface area (Å²) in [6, 6.07) is 14.3. The first kappa shape index (κ1) is 17.7. The van der Waals surface area contributed by atoms with Crippen molar-refractivity contribution >= 4 is 26.8 Å². The van der Waals surface area contributed by atoms with Crippen molar-refractivity contribution in [3.8, 4) is 0 Å². The molecular formula is C24H22NOS+. The molecule has 0 bridgehead atoms. The lowest BCUT2D eigenvalue weighted by Gasteiger charge is -2.24. The Labute approximate surface area is 163 Å². The fourth-order valence-corrected chi connectivity index (χ4v) is 6.36. The van der Waals surface area contributed by atoms with Crippen LogP contribution in [0.25, 0.3) is 4.85 Å². The highest BCUT2D eigenvalue weighted by Gasteiger charge is 2.37. The lowest BCUT2D eigenvalue weighted by atomic mass is 9.87. The number of fused-ring (bicyclic) bond motifs is 2. The first-order valence-corrected chi connectivity index (χ1v) is 10.4. The Morgan fingerprint density at radius 3 is 2.44 bits per heavy atom. The Balaban J connectivity index is 1.96. The van der Waals surface area contributed by atoms with Crippen molar-refractivity contribution in [1.29, 1.82) is 0 Å². The molecular weight excluding hydrogens is 350 g/mol. The Hall–Kier alpha value is -2.70. The van der Waals surface area contributed by atoms with E-state index in [1.807, 2.05) is 30.4 Å². The van der Waals surface area contributed by atoms with E-state index < -0.39 is 10.5 Å². The van der Waals surface area contributed by atoms with Gasteiger partial charge in [-0.15, -0.1) is 0 Å². The van der Waals surface area contributed by atoms with Gasteiger partial charge in [0.1, 0.15) is 20.6 Å². The maximum atomic E-state index is 13.0. The number of benzene rings is 2. The number of Topliss-reactive ketones (excluding diaryl/α,β-unsaturated/α-hetero) is 1. The topological polar surface area (TPSA) is 21.4 Å². The van der Waals surface area contributed by atoms with Gasteiger partial charge in [-0.1, -0.05) is 73.7 Å². The van der Waals surface area contributed by atoms with Crippen molar-refractivity contribution in [2.75, 3.05) is 0 Å². The number of carbonyl (C=O) groups excluding carboxylic acids is 1. The summed E-state index contributed by atoms with van der Waals surface area (Å²) >= 11 is 0. The van der Waals surface area contributed by atoms with Crippen LogP contribution in [0.15, 0.2) is 76.6 Å². The minimum Gasteiger partial charge on any atom is -0.293 e. The van der Waals surface area contributed by atoms with Crippen LogP contribution in [0.4, 0.5) is 5.69 Å². The first-order valence-electron chi connectivity index (χ1n) is 9.08. The van der Waals surface area contributed by atoms with Gasteiger partial charge in [-0.2, -0.15) is 0 Å². The third-order valence-electron chi connectivity index (χ3n) is 5.15. The van der Waals surface area contributed by atoms with E-state index >= 15 is 0 Å². The Morgan fingerprint density at radius 1 is 1.04 bits per heavy atom. The van der Waals surface area contributed by atoms with E-state index in [2.05, 4.69) is 56.0 Å². The van der Waals surface area contributed by atoms with Gasteiger partial charge in [0.15, 0.2) is 11.5 Å². The normalized spacial score (nSPS) is 20.8. The van der Waals surface area contributed by atoms with Crippen molar-refractivity contribution in [3.63, 3.8) is 0 Å². The van der Waals surface area contributed by atoms with E-state index in [0.717, 1.165) is 15.3 Å². The van der Waals surface area contributed by atoms with Crippen LogP contribution in [0.1, 0.15) is 36.7 Å². The second-order valence-electron chi connectivity index (χ2n) is 7.96. The molecule has 0 radical (unpaired) electrons. The van der Waals surface area contributed by atoms with E-state index in [1.54, 1.807) is 6.07 Å². The molecule has 1 aliphatic heterocycles. The smallest absolute Gasteiger partial charge is 0.192 e. The molecule has 134 valence electrons. The number of hydrogen-bond donors (Lipinski definition) is 0. The summed E-state index contributed by atoms with van der Waals surface area (Å²) in [4.78, 5) is 20.0. The quantitative estimate of drug-likeness (QED) is 0.284. The van der Waals surface area contributed by atoms with Gasteiger partial charge in [-0.3, -0.25) is 4.79 Å². The summed E-state index contributed by atoms with van der Waals surface area (Å²) < 4.78 is 0. The highest BCUT2D eigenvalue weighted by molar-refractivity contribution is 7.97. The zero-order valence-electron chi connectivity index (χ0n) is 15.7. The number of rotatable bonds is 1. The summed E-state index contributed by atoms with van der Waals surface area (Å²) in [7, 11) is -0.822. The van der Waals surface area contributed by atoms with Crippen LogP contribution in [0.5, 0.6) is 0 Å². The van der Waals surface area contributed by atoms with Gasteiger partial charge in [0, 0.05) is 0 Å². The van der Waals surface area contributed by atoms with Crippen LogP contribution >= 0.6 is 0 Å². The van der Waals surface area contributed by atoms with Gasteiger partial charge in [-0.05, 0) is 35.3 Å². The highest BCUT2D eigenvalue weighted by Crippen LogP contribution is 2.36. The highest BCUT2D eigenvalue weighted by atomic mass is 32.2. The predicted octanol–water partition coefficient (Wildman–Crippen LogP) is 5.41. The number of thiol groups is 1. The zero-order chi connectivity index (χ0) is 19.2. The monoisotopic (exact) mass is 372 g/mol. The molecule has 0 fully saturated rings. The molecule has 0 saturated heterocycles. The van der Waals surface area contributed by atoms with Crippen LogP contribution < -0.4 is 0 Å². The molecule has 1 heterocycles. The number of hydrogen-bond acceptors (Lipinski definition) is 1. The molecule has 2 nitrogen and oxygen atoms in total. The number of carbonyl (C=O) groups is 1. The first-order chi connectivity index (χ1) is 12.9. The number of allylic oxidation sites excluding steroid dienone is 4. The third kappa shape index (κ3) is 3.01. The van der Waals surface area contributed by atoms with E-state index in [4.69, 9.17) is 6.57 Å². The lowest BCUT2D eigenvalue weighted by molar-refractivity contribution is 0.0969. The molecule has 2 atom stereocenters. The van der Waals surface area contributed by atoms with Crippen molar-refractivity contribution in [3.05, 3.63) is 89.3 Å². The number of nitrogens with zero attached hydrogens (tertiary/aromatic N) is 1. The lowest BCUT2D eigenvalue weighted by Crippen LogP contribution is -2.31. The van der Waals surface area contributed by atoms with Crippen molar-refractivity contribution in [1.82, 2.24) is 0 Å². The summed E-state index contributed by atoms with van der Waals surface area (Å²) in [6.07, 6.45) is 8.07. The molecule has 2 aromatic rings. The van der Waals surface area contributed by atoms with E-state index in [-0.39, 0.29) is 17.1 Å². The fourth-order valence-electron chi connectivity index (χ4n) is 3.66.